The molecule has 0 spiro atoms. The normalized spacial score (nSPS) is 37.5. The molecular weight excluding hydrogens is 684 g/mol. The molecular formula is C37H46O15. The number of unbranched alkanes of at least 4 members (excludes halogenated alkanes) is 5. The maximum atomic E-state index is 14.3. The summed E-state index contributed by atoms with van der Waals surface area (Å²) in [4.78, 5) is 63.2. The Bertz CT molecular complexity index is 1700. The number of aromatic hydroxyl groups is 1. The molecule has 0 bridgehead atoms. The van der Waals surface area contributed by atoms with Gasteiger partial charge in [0.05, 0.1) is 18.3 Å². The maximum Gasteiger partial charge on any atom is 0.306 e. The molecule has 52 heavy (non-hydrogen) atoms. The summed E-state index contributed by atoms with van der Waals surface area (Å²) in [7, 11) is 0. The van der Waals surface area contributed by atoms with Crippen molar-refractivity contribution in [3.05, 3.63) is 40.5 Å². The van der Waals surface area contributed by atoms with E-state index in [1.165, 1.54) is 19.1 Å². The summed E-state index contributed by atoms with van der Waals surface area (Å²) >= 11 is 0. The number of esters is 2. The lowest BCUT2D eigenvalue weighted by Crippen LogP contribution is -2.78. The lowest BCUT2D eigenvalue weighted by Gasteiger charge is -2.54. The van der Waals surface area contributed by atoms with Crippen molar-refractivity contribution in [1.82, 2.24) is 0 Å². The van der Waals surface area contributed by atoms with Crippen LogP contribution in [-0.4, -0.2) is 107 Å². The van der Waals surface area contributed by atoms with Gasteiger partial charge in [-0.3, -0.25) is 24.0 Å². The number of ether oxygens (including phenoxy) is 4. The number of carbonyl (C=O) groups is 5. The minimum Gasteiger partial charge on any atom is -0.507 e. The molecule has 6 N–H and O–H groups in total. The van der Waals surface area contributed by atoms with Crippen LogP contribution in [0.2, 0.25) is 0 Å². The Balaban J connectivity index is 1.23. The van der Waals surface area contributed by atoms with Gasteiger partial charge in [0.25, 0.3) is 0 Å². The van der Waals surface area contributed by atoms with Crippen LogP contribution in [0, 0.1) is 0 Å². The molecule has 1 aromatic rings. The molecule has 10 atom stereocenters. The number of aliphatic hydroxyl groups is 4. The first kappa shape index (κ1) is 38.0. The summed E-state index contributed by atoms with van der Waals surface area (Å²) in [6.45, 7) is 4.37. The van der Waals surface area contributed by atoms with E-state index < -0.39 is 101 Å². The number of aliphatic hydroxyl groups excluding tert-OH is 2. The van der Waals surface area contributed by atoms with Gasteiger partial charge in [0.15, 0.2) is 23.1 Å². The van der Waals surface area contributed by atoms with E-state index >= 15 is 0 Å². The minimum absolute atomic E-state index is 0.0834. The molecule has 5 aliphatic rings. The molecule has 2 saturated heterocycles. The monoisotopic (exact) mass is 730 g/mol. The van der Waals surface area contributed by atoms with Crippen LogP contribution in [0.1, 0.15) is 125 Å². The van der Waals surface area contributed by atoms with Crippen molar-refractivity contribution in [3.8, 4) is 5.75 Å². The number of Topliss-reactive ketones (excluding diaryl/α,β-unsaturated/α-hetero) is 1. The van der Waals surface area contributed by atoms with E-state index in [1.54, 1.807) is 13.8 Å². The van der Waals surface area contributed by atoms with Crippen LogP contribution in [0.25, 0.3) is 0 Å². The van der Waals surface area contributed by atoms with Crippen LogP contribution in [0.3, 0.4) is 0 Å². The van der Waals surface area contributed by atoms with Gasteiger partial charge >= 0.3 is 17.9 Å². The van der Waals surface area contributed by atoms with E-state index in [-0.39, 0.29) is 42.4 Å². The molecule has 3 aliphatic carbocycles. The zero-order valence-electron chi connectivity index (χ0n) is 29.3. The van der Waals surface area contributed by atoms with E-state index in [4.69, 9.17) is 24.1 Å². The predicted molar refractivity (Wildman–Crippen MR) is 176 cm³/mol. The Kier molecular flexibility index (Phi) is 9.94. The Morgan fingerprint density at radius 2 is 1.63 bits per heavy atom. The zero-order valence-corrected chi connectivity index (χ0v) is 29.3. The van der Waals surface area contributed by atoms with Gasteiger partial charge in [-0.1, -0.05) is 43.4 Å². The van der Waals surface area contributed by atoms with Crippen LogP contribution >= 0.6 is 0 Å². The van der Waals surface area contributed by atoms with Crippen molar-refractivity contribution in [2.24, 2.45) is 0 Å². The van der Waals surface area contributed by atoms with Gasteiger partial charge in [0.1, 0.15) is 23.6 Å². The standard InChI is InChI=1S/C37H46O15/c1-18-14-25(39)36(48)34(47,16-18)17-26(40)35-33(46)29-22(32(45)37(35,36)52-35)13-12-21(30(29)44)23-15-24(31(19(2)49-23)50-20(3)38)51-28(43)11-9-7-5-4-6-8-10-27(41)42/h12-14,19,23-24,26,31,33,40,44,46-48H,4-11,15-17H2,1-3H3,(H,41,42)/t19-,23-,24-,26+,31-,33+,34-,35+,36-,37-/m1/s1. The predicted octanol–water partition coefficient (Wildman–Crippen LogP) is 2.17. The second kappa shape index (κ2) is 13.6. The summed E-state index contributed by atoms with van der Waals surface area (Å²) in [6.07, 6.45) is -2.83. The number of rotatable bonds is 12. The second-order valence-corrected chi connectivity index (χ2v) is 14.9. The van der Waals surface area contributed by atoms with Crippen molar-refractivity contribution in [2.45, 2.75) is 150 Å². The molecule has 1 saturated carbocycles. The van der Waals surface area contributed by atoms with Gasteiger partial charge in [0.2, 0.25) is 11.4 Å². The van der Waals surface area contributed by atoms with Crippen molar-refractivity contribution in [2.75, 3.05) is 0 Å². The lowest BCUT2D eigenvalue weighted by molar-refractivity contribution is -0.210. The van der Waals surface area contributed by atoms with Gasteiger partial charge in [-0.2, -0.15) is 0 Å². The maximum absolute atomic E-state index is 14.3. The zero-order chi connectivity index (χ0) is 38.0. The number of fused-ring (bicyclic) bond motifs is 2. The largest absolute Gasteiger partial charge is 0.507 e. The quantitative estimate of drug-likeness (QED) is 0.102. The number of aliphatic carboxylic acids is 1. The number of carbonyl (C=O) groups excluding carboxylic acids is 4. The minimum atomic E-state index is -2.84. The SMILES string of the molecule is CC(=O)O[C@@H]1[C@@H](C)O[C@@H](c2ccc3c(c2O)[C@H](O)[C@]24O[C@@]2(C3=O)[C@@]2(O)C(=O)C=C(C)C[C@@]2(O)C[C@@H]4O)C[C@H]1OC(=O)CCCCCCCCC(=O)O. The Labute approximate surface area is 299 Å². The van der Waals surface area contributed by atoms with Crippen LogP contribution in [0.5, 0.6) is 5.75 Å². The van der Waals surface area contributed by atoms with Crippen LogP contribution < -0.4 is 0 Å². The smallest absolute Gasteiger partial charge is 0.306 e. The molecule has 2 heterocycles. The first-order valence-electron chi connectivity index (χ1n) is 17.8. The molecule has 0 radical (unpaired) electrons. The average molecular weight is 731 g/mol. The molecule has 2 aliphatic heterocycles. The van der Waals surface area contributed by atoms with Crippen LogP contribution in [-0.2, 0) is 38.1 Å². The van der Waals surface area contributed by atoms with Crippen molar-refractivity contribution in [1.29, 1.82) is 0 Å². The summed E-state index contributed by atoms with van der Waals surface area (Å²) in [5, 5.41) is 67.1. The number of benzene rings is 1. The van der Waals surface area contributed by atoms with Gasteiger partial charge in [-0.25, -0.2) is 0 Å². The third kappa shape index (κ3) is 5.67. The first-order valence-corrected chi connectivity index (χ1v) is 17.8. The fourth-order valence-corrected chi connectivity index (χ4v) is 9.06. The highest BCUT2D eigenvalue weighted by molar-refractivity contribution is 6.17. The molecule has 0 amide bonds. The molecule has 15 heteroatoms. The molecule has 0 aromatic heterocycles. The number of hydrogen-bond donors (Lipinski definition) is 6. The fourth-order valence-electron chi connectivity index (χ4n) is 9.06. The van der Waals surface area contributed by atoms with Crippen LogP contribution in [0.15, 0.2) is 23.8 Å². The highest BCUT2D eigenvalue weighted by Crippen LogP contribution is 2.73. The molecule has 284 valence electrons. The van der Waals surface area contributed by atoms with E-state index in [2.05, 4.69) is 0 Å². The van der Waals surface area contributed by atoms with Gasteiger partial charge in [-0.05, 0) is 32.8 Å². The topological polar surface area (TPSA) is 247 Å². The molecule has 3 fully saturated rings. The summed E-state index contributed by atoms with van der Waals surface area (Å²) in [6, 6.07) is 2.62. The lowest BCUT2D eigenvalue weighted by atomic mass is 9.50. The Morgan fingerprint density at radius 3 is 2.29 bits per heavy atom. The fraction of sp³-hybridized carbons (Fsp3) is 0.649. The molecule has 6 rings (SSSR count). The van der Waals surface area contributed by atoms with E-state index in [9.17, 15) is 49.5 Å². The summed E-state index contributed by atoms with van der Waals surface area (Å²) < 4.78 is 23.2. The molecule has 1 aromatic carbocycles. The van der Waals surface area contributed by atoms with Crippen molar-refractivity contribution < 1.29 is 73.6 Å². The van der Waals surface area contributed by atoms with E-state index in [0.29, 0.717) is 18.4 Å². The number of phenols is 1. The van der Waals surface area contributed by atoms with Crippen molar-refractivity contribution in [3.63, 3.8) is 0 Å². The van der Waals surface area contributed by atoms with Gasteiger partial charge in [0, 0.05) is 55.7 Å². The third-order valence-electron chi connectivity index (χ3n) is 11.4. The van der Waals surface area contributed by atoms with Gasteiger partial charge < -0.3 is 49.6 Å². The average Bonchev–Trinajstić information content (AvgIpc) is 3.79. The molecule has 15 nitrogen and oxygen atoms in total. The van der Waals surface area contributed by atoms with Crippen molar-refractivity contribution >= 4 is 29.5 Å². The number of phenolic OH excluding ortho intramolecular Hbond substituents is 1. The highest BCUT2D eigenvalue weighted by Gasteiger charge is 2.96. The number of epoxide rings is 1. The van der Waals surface area contributed by atoms with E-state index in [0.717, 1.165) is 31.8 Å². The number of ketones is 2. The number of carboxylic acids is 1. The number of hydrogen-bond acceptors (Lipinski definition) is 14. The highest BCUT2D eigenvalue weighted by atomic mass is 16.7. The van der Waals surface area contributed by atoms with Crippen LogP contribution in [0.4, 0.5) is 0 Å². The second-order valence-electron chi connectivity index (χ2n) is 14.9. The third-order valence-corrected chi connectivity index (χ3v) is 11.4. The first-order chi connectivity index (χ1) is 24.4. The Morgan fingerprint density at radius 1 is 0.981 bits per heavy atom. The molecule has 0 unspecified atom stereocenters. The van der Waals surface area contributed by atoms with E-state index in [1.807, 2.05) is 0 Å². The van der Waals surface area contributed by atoms with Gasteiger partial charge in [-0.15, -0.1) is 0 Å². The summed E-state index contributed by atoms with van der Waals surface area (Å²) in [5.41, 5.74) is -10.0. The number of carboxylic acid groups (broad SMARTS) is 1. The Hall–Kier alpha value is -3.73. The summed E-state index contributed by atoms with van der Waals surface area (Å²) in [5.74, 6) is -4.59.